The topological polar surface area (TPSA) is 97.1 Å². The predicted octanol–water partition coefficient (Wildman–Crippen LogP) is 1.07. The van der Waals surface area contributed by atoms with E-state index in [4.69, 9.17) is 5.11 Å². The monoisotopic (exact) mass is 260 g/mol. The lowest BCUT2D eigenvalue weighted by atomic mass is 10.2. The summed E-state index contributed by atoms with van der Waals surface area (Å²) in [4.78, 5) is 26.3. The van der Waals surface area contributed by atoms with E-state index in [1.807, 2.05) is 0 Å². The van der Waals surface area contributed by atoms with Gasteiger partial charge in [0.2, 0.25) is 0 Å². The molecule has 98 valence electrons. The Morgan fingerprint density at radius 2 is 2.05 bits per heavy atom. The van der Waals surface area contributed by atoms with E-state index in [2.05, 4.69) is 15.4 Å². The van der Waals surface area contributed by atoms with E-state index in [0.29, 0.717) is 11.3 Å². The number of aryl methyl sites for hydroxylation is 1. The van der Waals surface area contributed by atoms with Crippen LogP contribution in [0.25, 0.3) is 0 Å². The van der Waals surface area contributed by atoms with Crippen molar-refractivity contribution < 1.29 is 14.7 Å². The molecule has 0 aromatic carbocycles. The second-order valence-electron chi connectivity index (χ2n) is 3.96. The number of carboxylic acids is 1. The van der Waals surface area contributed by atoms with Crippen LogP contribution in [0.1, 0.15) is 26.5 Å². The molecular formula is C12H12N4O3. The van der Waals surface area contributed by atoms with E-state index in [0.717, 1.165) is 5.69 Å². The molecule has 7 heteroatoms. The highest BCUT2D eigenvalue weighted by Crippen LogP contribution is 2.11. The lowest BCUT2D eigenvalue weighted by molar-refractivity contribution is 0.0690. The number of rotatable bonds is 3. The van der Waals surface area contributed by atoms with Gasteiger partial charge in [0.05, 0.1) is 23.6 Å². The third-order valence-corrected chi connectivity index (χ3v) is 2.72. The fourth-order valence-corrected chi connectivity index (χ4v) is 1.51. The number of hydrogen-bond donors (Lipinski definition) is 2. The summed E-state index contributed by atoms with van der Waals surface area (Å²) < 4.78 is 1.60. The second kappa shape index (κ2) is 4.89. The van der Waals surface area contributed by atoms with Crippen molar-refractivity contribution in [2.24, 2.45) is 7.05 Å². The summed E-state index contributed by atoms with van der Waals surface area (Å²) in [5, 5.41) is 15.3. The molecule has 2 rings (SSSR count). The molecule has 0 aliphatic carbocycles. The minimum atomic E-state index is -1.11. The highest BCUT2D eigenvalue weighted by atomic mass is 16.4. The molecule has 2 heterocycles. The van der Waals surface area contributed by atoms with Crippen LogP contribution >= 0.6 is 0 Å². The summed E-state index contributed by atoms with van der Waals surface area (Å²) in [6.07, 6.45) is 2.77. The van der Waals surface area contributed by atoms with Crippen molar-refractivity contribution in [2.75, 3.05) is 5.32 Å². The molecule has 0 saturated heterocycles. The van der Waals surface area contributed by atoms with Crippen LogP contribution in [0.3, 0.4) is 0 Å². The SMILES string of the molecule is Cc1c(C(=O)Nc2ccc(C(=O)O)nc2)cnn1C. The molecule has 0 bridgehead atoms. The maximum absolute atomic E-state index is 12.0. The molecule has 0 saturated carbocycles. The Morgan fingerprint density at radius 3 is 2.53 bits per heavy atom. The van der Waals surface area contributed by atoms with Gasteiger partial charge in [-0.05, 0) is 19.1 Å². The molecule has 0 unspecified atom stereocenters. The van der Waals surface area contributed by atoms with E-state index in [1.165, 1.54) is 24.5 Å². The number of pyridine rings is 1. The van der Waals surface area contributed by atoms with Gasteiger partial charge in [-0.25, -0.2) is 9.78 Å². The Bertz CT molecular complexity index is 631. The first kappa shape index (κ1) is 12.7. The largest absolute Gasteiger partial charge is 0.477 e. The van der Waals surface area contributed by atoms with Crippen molar-refractivity contribution in [1.82, 2.24) is 14.8 Å². The average Bonchev–Trinajstić information content (AvgIpc) is 2.70. The number of aromatic carboxylic acids is 1. The van der Waals surface area contributed by atoms with E-state index < -0.39 is 5.97 Å². The van der Waals surface area contributed by atoms with Crippen LogP contribution in [0.5, 0.6) is 0 Å². The average molecular weight is 260 g/mol. The fraction of sp³-hybridized carbons (Fsp3) is 0.167. The Balaban J connectivity index is 2.15. The lowest BCUT2D eigenvalue weighted by Gasteiger charge is -2.04. The minimum Gasteiger partial charge on any atom is -0.477 e. The molecule has 19 heavy (non-hydrogen) atoms. The number of nitrogens with zero attached hydrogens (tertiary/aromatic N) is 3. The maximum Gasteiger partial charge on any atom is 0.354 e. The highest BCUT2D eigenvalue weighted by Gasteiger charge is 2.13. The van der Waals surface area contributed by atoms with Gasteiger partial charge in [-0.1, -0.05) is 0 Å². The molecule has 0 aliphatic heterocycles. The van der Waals surface area contributed by atoms with Crippen molar-refractivity contribution >= 4 is 17.6 Å². The second-order valence-corrected chi connectivity index (χ2v) is 3.96. The Labute approximate surface area is 108 Å². The standard InChI is InChI=1S/C12H12N4O3/c1-7-9(6-14-16(7)2)11(17)15-8-3-4-10(12(18)19)13-5-8/h3-6H,1-2H3,(H,15,17)(H,18,19). The van der Waals surface area contributed by atoms with E-state index in [9.17, 15) is 9.59 Å². The van der Waals surface area contributed by atoms with Crippen LogP contribution in [-0.2, 0) is 7.05 Å². The minimum absolute atomic E-state index is 0.0736. The number of nitrogens with one attached hydrogen (secondary N) is 1. The number of carbonyl (C=O) groups is 2. The first-order valence-electron chi connectivity index (χ1n) is 5.48. The van der Waals surface area contributed by atoms with Gasteiger partial charge in [0.25, 0.3) is 5.91 Å². The molecule has 0 aliphatic rings. The lowest BCUT2D eigenvalue weighted by Crippen LogP contribution is -2.13. The van der Waals surface area contributed by atoms with Crippen LogP contribution in [0.2, 0.25) is 0 Å². The quantitative estimate of drug-likeness (QED) is 0.860. The zero-order valence-electron chi connectivity index (χ0n) is 10.4. The summed E-state index contributed by atoms with van der Waals surface area (Å²) in [7, 11) is 1.75. The van der Waals surface area contributed by atoms with Gasteiger partial charge in [-0.2, -0.15) is 5.10 Å². The zero-order chi connectivity index (χ0) is 14.0. The van der Waals surface area contributed by atoms with Gasteiger partial charge in [-0.15, -0.1) is 0 Å². The van der Waals surface area contributed by atoms with Gasteiger partial charge in [0, 0.05) is 12.7 Å². The fourth-order valence-electron chi connectivity index (χ4n) is 1.51. The highest BCUT2D eigenvalue weighted by molar-refractivity contribution is 6.04. The molecule has 2 aromatic rings. The molecule has 0 atom stereocenters. The van der Waals surface area contributed by atoms with Crippen LogP contribution in [0, 0.1) is 6.92 Å². The van der Waals surface area contributed by atoms with Crippen molar-refractivity contribution in [3.63, 3.8) is 0 Å². The molecule has 1 amide bonds. The van der Waals surface area contributed by atoms with E-state index in [-0.39, 0.29) is 11.6 Å². The van der Waals surface area contributed by atoms with Crippen molar-refractivity contribution in [2.45, 2.75) is 6.92 Å². The molecule has 0 fully saturated rings. The smallest absolute Gasteiger partial charge is 0.354 e. The zero-order valence-corrected chi connectivity index (χ0v) is 10.4. The Morgan fingerprint density at radius 1 is 1.32 bits per heavy atom. The molecule has 0 spiro atoms. The summed E-state index contributed by atoms with van der Waals surface area (Å²) in [5.41, 5.74) is 1.56. The predicted molar refractivity (Wildman–Crippen MR) is 67.1 cm³/mol. The molecule has 2 aromatic heterocycles. The third-order valence-electron chi connectivity index (χ3n) is 2.72. The number of anilines is 1. The molecule has 2 N–H and O–H groups in total. The van der Waals surface area contributed by atoms with Gasteiger partial charge >= 0.3 is 5.97 Å². The van der Waals surface area contributed by atoms with Crippen molar-refractivity contribution in [3.05, 3.63) is 41.5 Å². The van der Waals surface area contributed by atoms with Gasteiger partial charge in [0.1, 0.15) is 5.69 Å². The van der Waals surface area contributed by atoms with E-state index >= 15 is 0 Å². The first-order chi connectivity index (χ1) is 8.99. The maximum atomic E-state index is 12.0. The van der Waals surface area contributed by atoms with Crippen LogP contribution in [0.15, 0.2) is 24.5 Å². The van der Waals surface area contributed by atoms with Crippen molar-refractivity contribution in [3.8, 4) is 0 Å². The van der Waals surface area contributed by atoms with Crippen LogP contribution in [0.4, 0.5) is 5.69 Å². The van der Waals surface area contributed by atoms with Gasteiger partial charge in [0.15, 0.2) is 0 Å². The molecular weight excluding hydrogens is 248 g/mol. The first-order valence-corrected chi connectivity index (χ1v) is 5.48. The van der Waals surface area contributed by atoms with E-state index in [1.54, 1.807) is 18.7 Å². The third kappa shape index (κ3) is 2.59. The van der Waals surface area contributed by atoms with Crippen LogP contribution in [-0.4, -0.2) is 31.7 Å². The summed E-state index contributed by atoms with van der Waals surface area (Å²) in [5.74, 6) is -1.42. The van der Waals surface area contributed by atoms with Gasteiger partial charge < -0.3 is 10.4 Å². The number of aromatic nitrogens is 3. The summed E-state index contributed by atoms with van der Waals surface area (Å²) in [6, 6.07) is 2.81. The van der Waals surface area contributed by atoms with Crippen molar-refractivity contribution in [1.29, 1.82) is 0 Å². The number of hydrogen-bond acceptors (Lipinski definition) is 4. The molecule has 7 nitrogen and oxygen atoms in total. The summed E-state index contributed by atoms with van der Waals surface area (Å²) >= 11 is 0. The number of carboxylic acid groups (broad SMARTS) is 1. The summed E-state index contributed by atoms with van der Waals surface area (Å²) in [6.45, 7) is 1.79. The molecule has 0 radical (unpaired) electrons. The number of carbonyl (C=O) groups excluding carboxylic acids is 1. The Kier molecular flexibility index (Phi) is 3.28. The normalized spacial score (nSPS) is 10.2. The number of amides is 1. The van der Waals surface area contributed by atoms with Gasteiger partial charge in [-0.3, -0.25) is 9.48 Å². The Hall–Kier alpha value is -2.70. The van der Waals surface area contributed by atoms with Crippen LogP contribution < -0.4 is 5.32 Å².